The number of nitrogen functional groups attached to an aromatic ring is 1. The van der Waals surface area contributed by atoms with Gasteiger partial charge in [-0.25, -0.2) is 0 Å². The number of rotatable bonds is 8. The minimum absolute atomic E-state index is 0.421. The lowest BCUT2D eigenvalue weighted by Gasteiger charge is -2.24. The number of ether oxygens (including phenoxy) is 1. The van der Waals surface area contributed by atoms with Crippen LogP contribution in [0.15, 0.2) is 24.3 Å². The fraction of sp³-hybridized carbons (Fsp3) is 0.571. The standard InChI is InChI=1S/C14H24N2O3/c1-11(17)9-16(10-12(2)18)7-8-19-14-5-3-13(15)4-6-14/h3-6,11-12,17-18H,7-10,15H2,1-2H3. The van der Waals surface area contributed by atoms with Crippen molar-refractivity contribution in [3.8, 4) is 5.75 Å². The lowest BCUT2D eigenvalue weighted by atomic mass is 10.3. The normalized spacial score (nSPS) is 14.4. The first-order valence-electron chi connectivity index (χ1n) is 6.54. The molecule has 0 aliphatic heterocycles. The minimum atomic E-state index is -0.421. The van der Waals surface area contributed by atoms with Crippen LogP contribution in [0.1, 0.15) is 13.8 Å². The van der Waals surface area contributed by atoms with Crippen LogP contribution in [-0.4, -0.2) is 53.6 Å². The van der Waals surface area contributed by atoms with Crippen molar-refractivity contribution < 1.29 is 14.9 Å². The Bertz CT molecular complexity index is 342. The van der Waals surface area contributed by atoms with Crippen molar-refractivity contribution in [3.63, 3.8) is 0 Å². The fourth-order valence-corrected chi connectivity index (χ4v) is 1.86. The quantitative estimate of drug-likeness (QED) is 0.605. The van der Waals surface area contributed by atoms with E-state index in [-0.39, 0.29) is 0 Å². The summed E-state index contributed by atoms with van der Waals surface area (Å²) >= 11 is 0. The summed E-state index contributed by atoms with van der Waals surface area (Å²) < 4.78 is 5.59. The molecule has 0 aliphatic carbocycles. The topological polar surface area (TPSA) is 79.0 Å². The van der Waals surface area contributed by atoms with Gasteiger partial charge in [-0.1, -0.05) is 0 Å². The van der Waals surface area contributed by atoms with Gasteiger partial charge in [0.15, 0.2) is 0 Å². The lowest BCUT2D eigenvalue weighted by Crippen LogP contribution is -2.38. The van der Waals surface area contributed by atoms with Gasteiger partial charge in [0, 0.05) is 25.3 Å². The van der Waals surface area contributed by atoms with Gasteiger partial charge < -0.3 is 20.7 Å². The Labute approximate surface area is 114 Å². The van der Waals surface area contributed by atoms with E-state index in [0.29, 0.717) is 31.9 Å². The van der Waals surface area contributed by atoms with Gasteiger partial charge in [-0.05, 0) is 38.1 Å². The molecule has 0 heterocycles. The van der Waals surface area contributed by atoms with Gasteiger partial charge >= 0.3 is 0 Å². The molecule has 0 fully saturated rings. The molecule has 1 aromatic rings. The van der Waals surface area contributed by atoms with E-state index >= 15 is 0 Å². The number of nitrogens with two attached hydrogens (primary N) is 1. The molecule has 2 unspecified atom stereocenters. The van der Waals surface area contributed by atoms with Crippen molar-refractivity contribution in [2.24, 2.45) is 0 Å². The van der Waals surface area contributed by atoms with Gasteiger partial charge in [0.25, 0.3) is 0 Å². The van der Waals surface area contributed by atoms with Crippen LogP contribution in [0.4, 0.5) is 5.69 Å². The summed E-state index contributed by atoms with van der Waals surface area (Å²) in [5.41, 5.74) is 6.30. The molecule has 0 saturated heterocycles. The number of hydrogen-bond donors (Lipinski definition) is 3. The van der Waals surface area contributed by atoms with Crippen LogP contribution in [0.5, 0.6) is 5.75 Å². The Hall–Kier alpha value is -1.30. The van der Waals surface area contributed by atoms with E-state index < -0.39 is 12.2 Å². The Kier molecular flexibility index (Phi) is 6.62. The van der Waals surface area contributed by atoms with Crippen LogP contribution in [0.25, 0.3) is 0 Å². The predicted molar refractivity (Wildman–Crippen MR) is 76.2 cm³/mol. The number of aliphatic hydroxyl groups is 2. The number of aliphatic hydroxyl groups excluding tert-OH is 2. The van der Waals surface area contributed by atoms with Crippen LogP contribution >= 0.6 is 0 Å². The third-order valence-corrected chi connectivity index (χ3v) is 2.60. The maximum atomic E-state index is 9.40. The van der Waals surface area contributed by atoms with Crippen molar-refractivity contribution >= 4 is 5.69 Å². The average molecular weight is 268 g/mol. The van der Waals surface area contributed by atoms with E-state index in [1.54, 1.807) is 26.0 Å². The summed E-state index contributed by atoms with van der Waals surface area (Å²) in [5, 5.41) is 18.8. The Morgan fingerprint density at radius 3 is 2.11 bits per heavy atom. The number of benzene rings is 1. The zero-order chi connectivity index (χ0) is 14.3. The molecule has 0 radical (unpaired) electrons. The molecule has 1 rings (SSSR count). The van der Waals surface area contributed by atoms with E-state index in [9.17, 15) is 10.2 Å². The van der Waals surface area contributed by atoms with E-state index in [4.69, 9.17) is 10.5 Å². The SMILES string of the molecule is CC(O)CN(CCOc1ccc(N)cc1)CC(C)O. The molecule has 0 bridgehead atoms. The van der Waals surface area contributed by atoms with Crippen LogP contribution in [0.3, 0.4) is 0 Å². The summed E-state index contributed by atoms with van der Waals surface area (Å²) in [4.78, 5) is 1.98. The second kappa shape index (κ2) is 7.99. The molecule has 2 atom stereocenters. The molecule has 0 aromatic heterocycles. The highest BCUT2D eigenvalue weighted by Crippen LogP contribution is 2.12. The highest BCUT2D eigenvalue weighted by atomic mass is 16.5. The van der Waals surface area contributed by atoms with Crippen LogP contribution in [0, 0.1) is 0 Å². The molecule has 108 valence electrons. The molecular weight excluding hydrogens is 244 g/mol. The lowest BCUT2D eigenvalue weighted by molar-refractivity contribution is 0.0749. The first-order valence-corrected chi connectivity index (χ1v) is 6.54. The zero-order valence-corrected chi connectivity index (χ0v) is 11.6. The molecular formula is C14H24N2O3. The monoisotopic (exact) mass is 268 g/mol. The zero-order valence-electron chi connectivity index (χ0n) is 11.6. The number of hydrogen-bond acceptors (Lipinski definition) is 5. The van der Waals surface area contributed by atoms with E-state index in [0.717, 1.165) is 5.75 Å². The smallest absolute Gasteiger partial charge is 0.119 e. The van der Waals surface area contributed by atoms with E-state index in [1.807, 2.05) is 17.0 Å². The third kappa shape index (κ3) is 7.00. The van der Waals surface area contributed by atoms with Gasteiger partial charge in [0.2, 0.25) is 0 Å². The van der Waals surface area contributed by atoms with Gasteiger partial charge in [-0.15, -0.1) is 0 Å². The maximum Gasteiger partial charge on any atom is 0.119 e. The molecule has 1 aromatic carbocycles. The summed E-state index contributed by atoms with van der Waals surface area (Å²) in [6, 6.07) is 7.23. The Morgan fingerprint density at radius 1 is 1.11 bits per heavy atom. The van der Waals surface area contributed by atoms with Crippen molar-refractivity contribution in [2.75, 3.05) is 32.0 Å². The number of nitrogens with zero attached hydrogens (tertiary/aromatic N) is 1. The summed E-state index contributed by atoms with van der Waals surface area (Å²) in [6.07, 6.45) is -0.842. The predicted octanol–water partition coefficient (Wildman–Crippen LogP) is 0.711. The van der Waals surface area contributed by atoms with Crippen molar-refractivity contribution in [1.29, 1.82) is 0 Å². The highest BCUT2D eigenvalue weighted by Gasteiger charge is 2.11. The molecule has 0 amide bonds. The second-order valence-electron chi connectivity index (χ2n) is 4.88. The van der Waals surface area contributed by atoms with Gasteiger partial charge in [-0.2, -0.15) is 0 Å². The Morgan fingerprint density at radius 2 is 1.63 bits per heavy atom. The van der Waals surface area contributed by atoms with Gasteiger partial charge in [0.05, 0.1) is 12.2 Å². The molecule has 0 spiro atoms. The average Bonchev–Trinajstić information content (AvgIpc) is 2.30. The van der Waals surface area contributed by atoms with Crippen LogP contribution in [0.2, 0.25) is 0 Å². The number of anilines is 1. The van der Waals surface area contributed by atoms with Gasteiger partial charge in [-0.3, -0.25) is 4.90 Å². The Balaban J connectivity index is 2.36. The van der Waals surface area contributed by atoms with Crippen LogP contribution in [-0.2, 0) is 0 Å². The fourth-order valence-electron chi connectivity index (χ4n) is 1.86. The molecule has 0 saturated carbocycles. The minimum Gasteiger partial charge on any atom is -0.492 e. The van der Waals surface area contributed by atoms with Crippen molar-refractivity contribution in [2.45, 2.75) is 26.1 Å². The molecule has 4 N–H and O–H groups in total. The second-order valence-corrected chi connectivity index (χ2v) is 4.88. The summed E-state index contributed by atoms with van der Waals surface area (Å²) in [6.45, 7) is 5.67. The van der Waals surface area contributed by atoms with Crippen molar-refractivity contribution in [3.05, 3.63) is 24.3 Å². The molecule has 0 aliphatic rings. The van der Waals surface area contributed by atoms with Crippen molar-refractivity contribution in [1.82, 2.24) is 4.90 Å². The first kappa shape index (κ1) is 15.8. The third-order valence-electron chi connectivity index (χ3n) is 2.60. The van der Waals surface area contributed by atoms with Gasteiger partial charge in [0.1, 0.15) is 12.4 Å². The molecule has 19 heavy (non-hydrogen) atoms. The molecule has 5 heteroatoms. The van der Waals surface area contributed by atoms with Crippen LogP contribution < -0.4 is 10.5 Å². The largest absolute Gasteiger partial charge is 0.492 e. The highest BCUT2D eigenvalue weighted by molar-refractivity contribution is 5.41. The first-order chi connectivity index (χ1) is 8.97. The maximum absolute atomic E-state index is 9.40. The molecule has 5 nitrogen and oxygen atoms in total. The van der Waals surface area contributed by atoms with E-state index in [2.05, 4.69) is 0 Å². The van der Waals surface area contributed by atoms with E-state index in [1.165, 1.54) is 0 Å². The summed E-state index contributed by atoms with van der Waals surface area (Å²) in [7, 11) is 0. The summed E-state index contributed by atoms with van der Waals surface area (Å²) in [5.74, 6) is 0.767.